The number of aromatic carboxylic acids is 1. The molecule has 0 bridgehead atoms. The highest BCUT2D eigenvalue weighted by molar-refractivity contribution is 7.09. The van der Waals surface area contributed by atoms with Crippen molar-refractivity contribution in [2.75, 3.05) is 5.32 Å². The molecule has 0 radical (unpaired) electrons. The van der Waals surface area contributed by atoms with Crippen molar-refractivity contribution in [1.29, 1.82) is 0 Å². The molecule has 2 N–H and O–H groups in total. The molecule has 0 aliphatic rings. The van der Waals surface area contributed by atoms with E-state index in [1.807, 2.05) is 0 Å². The number of rotatable bonds is 3. The number of aryl methyl sites for hydroxylation is 1. The van der Waals surface area contributed by atoms with Crippen LogP contribution in [0.2, 0.25) is 0 Å². The molecule has 0 aliphatic carbocycles. The van der Waals surface area contributed by atoms with Gasteiger partial charge in [0.05, 0.1) is 5.56 Å². The Morgan fingerprint density at radius 2 is 2.26 bits per heavy atom. The largest absolute Gasteiger partial charge is 0.478 e. The topological polar surface area (TPSA) is 101 Å². The minimum atomic E-state index is -1.01. The summed E-state index contributed by atoms with van der Waals surface area (Å²) in [6.07, 6.45) is 0. The van der Waals surface area contributed by atoms with Gasteiger partial charge in [0.1, 0.15) is 11.3 Å². The Balaban J connectivity index is 1.95. The van der Waals surface area contributed by atoms with Gasteiger partial charge >= 0.3 is 12.0 Å². The predicted octanol–water partition coefficient (Wildman–Crippen LogP) is 2.43. The van der Waals surface area contributed by atoms with Gasteiger partial charge in [-0.2, -0.15) is 9.36 Å². The SMILES string of the molecule is Cc1nsc(Nc2nc3ccc(C(=O)O)cc3o2)n1. The molecule has 2 heterocycles. The maximum Gasteiger partial charge on any atom is 0.335 e. The first kappa shape index (κ1) is 11.6. The first-order valence-corrected chi connectivity index (χ1v) is 6.10. The van der Waals surface area contributed by atoms with Crippen LogP contribution in [0, 0.1) is 6.92 Å². The molecule has 2 aromatic heterocycles. The van der Waals surface area contributed by atoms with Crippen molar-refractivity contribution in [3.8, 4) is 0 Å². The third-order valence-electron chi connectivity index (χ3n) is 2.38. The van der Waals surface area contributed by atoms with Gasteiger partial charge in [0, 0.05) is 11.5 Å². The van der Waals surface area contributed by atoms with Gasteiger partial charge in [-0.1, -0.05) is 0 Å². The summed E-state index contributed by atoms with van der Waals surface area (Å²) in [7, 11) is 0. The third-order valence-corrected chi connectivity index (χ3v) is 3.10. The number of aromatic nitrogens is 3. The highest BCUT2D eigenvalue weighted by Gasteiger charge is 2.11. The zero-order valence-electron chi connectivity index (χ0n) is 9.75. The van der Waals surface area contributed by atoms with Gasteiger partial charge in [-0.25, -0.2) is 9.78 Å². The molecule has 0 atom stereocenters. The van der Waals surface area contributed by atoms with E-state index in [2.05, 4.69) is 19.7 Å². The summed E-state index contributed by atoms with van der Waals surface area (Å²) < 4.78 is 9.45. The first-order valence-electron chi connectivity index (χ1n) is 5.33. The smallest absolute Gasteiger partial charge is 0.335 e. The number of hydrogen-bond acceptors (Lipinski definition) is 7. The van der Waals surface area contributed by atoms with Crippen molar-refractivity contribution in [3.05, 3.63) is 29.6 Å². The van der Waals surface area contributed by atoms with Gasteiger partial charge in [0.15, 0.2) is 5.58 Å². The summed E-state index contributed by atoms with van der Waals surface area (Å²) in [6, 6.07) is 4.76. The lowest BCUT2D eigenvalue weighted by Gasteiger charge is -1.92. The standard InChI is InChI=1S/C11H8N4O3S/c1-5-12-11(19-15-5)14-10-13-7-3-2-6(9(16)17)4-8(7)18-10/h2-4H,1H3,(H,16,17)(H,12,13,14,15). The van der Waals surface area contributed by atoms with Crippen LogP contribution < -0.4 is 5.32 Å². The summed E-state index contributed by atoms with van der Waals surface area (Å²) in [6.45, 7) is 1.78. The summed E-state index contributed by atoms with van der Waals surface area (Å²) in [5.41, 5.74) is 1.14. The van der Waals surface area contributed by atoms with E-state index in [0.29, 0.717) is 22.1 Å². The highest BCUT2D eigenvalue weighted by atomic mass is 32.1. The average Bonchev–Trinajstić information content (AvgIpc) is 2.94. The third kappa shape index (κ3) is 2.25. The Bertz CT molecular complexity index is 764. The monoisotopic (exact) mass is 276 g/mol. The lowest BCUT2D eigenvalue weighted by atomic mass is 10.2. The molecule has 19 heavy (non-hydrogen) atoms. The fourth-order valence-electron chi connectivity index (χ4n) is 1.55. The lowest BCUT2D eigenvalue weighted by Crippen LogP contribution is -1.94. The van der Waals surface area contributed by atoms with Gasteiger partial charge in [0.2, 0.25) is 5.13 Å². The van der Waals surface area contributed by atoms with Gasteiger partial charge < -0.3 is 9.52 Å². The number of fused-ring (bicyclic) bond motifs is 1. The molecule has 0 aliphatic heterocycles. The fourth-order valence-corrected chi connectivity index (χ4v) is 2.12. The van der Waals surface area contributed by atoms with Crippen molar-refractivity contribution >= 4 is 39.7 Å². The van der Waals surface area contributed by atoms with Crippen molar-refractivity contribution in [2.45, 2.75) is 6.92 Å². The molecule has 0 saturated carbocycles. The predicted molar refractivity (Wildman–Crippen MR) is 68.9 cm³/mol. The summed E-state index contributed by atoms with van der Waals surface area (Å²) in [5, 5.41) is 12.3. The van der Waals surface area contributed by atoms with Crippen LogP contribution in [0.15, 0.2) is 22.6 Å². The number of anilines is 2. The van der Waals surface area contributed by atoms with E-state index in [9.17, 15) is 4.79 Å². The van der Waals surface area contributed by atoms with Gasteiger partial charge in [-0.3, -0.25) is 5.32 Å². The second-order valence-corrected chi connectivity index (χ2v) is 4.53. The van der Waals surface area contributed by atoms with Crippen LogP contribution in [-0.4, -0.2) is 25.4 Å². The Hall–Kier alpha value is -2.48. The Labute approximate surface area is 111 Å². The van der Waals surface area contributed by atoms with Crippen LogP contribution >= 0.6 is 11.5 Å². The van der Waals surface area contributed by atoms with Crippen LogP contribution in [-0.2, 0) is 0 Å². The molecule has 0 amide bonds. The van der Waals surface area contributed by atoms with E-state index in [1.165, 1.54) is 23.7 Å². The van der Waals surface area contributed by atoms with Gasteiger partial charge in [0.25, 0.3) is 0 Å². The van der Waals surface area contributed by atoms with E-state index < -0.39 is 5.97 Å². The molecule has 0 unspecified atom stereocenters. The molecule has 0 fully saturated rings. The minimum Gasteiger partial charge on any atom is -0.478 e. The molecule has 96 valence electrons. The lowest BCUT2D eigenvalue weighted by molar-refractivity contribution is 0.0697. The summed E-state index contributed by atoms with van der Waals surface area (Å²) in [5.74, 6) is -0.343. The van der Waals surface area contributed by atoms with Gasteiger partial charge in [-0.05, 0) is 25.1 Å². The molecule has 0 saturated heterocycles. The minimum absolute atomic E-state index is 0.155. The number of carboxylic acids is 1. The molecular weight excluding hydrogens is 268 g/mol. The van der Waals surface area contributed by atoms with E-state index in [-0.39, 0.29) is 11.6 Å². The second-order valence-electron chi connectivity index (χ2n) is 3.78. The maximum absolute atomic E-state index is 10.9. The number of hydrogen-bond donors (Lipinski definition) is 2. The Morgan fingerprint density at radius 1 is 1.42 bits per heavy atom. The van der Waals surface area contributed by atoms with Crippen molar-refractivity contribution in [1.82, 2.24) is 14.3 Å². The fraction of sp³-hybridized carbons (Fsp3) is 0.0909. The quantitative estimate of drug-likeness (QED) is 0.757. The molecule has 0 spiro atoms. The second kappa shape index (κ2) is 4.32. The van der Waals surface area contributed by atoms with Crippen LogP contribution in [0.5, 0.6) is 0 Å². The summed E-state index contributed by atoms with van der Waals surface area (Å²) in [4.78, 5) is 19.2. The van der Waals surface area contributed by atoms with E-state index in [4.69, 9.17) is 9.52 Å². The van der Waals surface area contributed by atoms with Crippen molar-refractivity contribution < 1.29 is 14.3 Å². The number of benzene rings is 1. The van der Waals surface area contributed by atoms with Crippen LogP contribution in [0.3, 0.4) is 0 Å². The van der Waals surface area contributed by atoms with Crippen LogP contribution in [0.4, 0.5) is 11.1 Å². The highest BCUT2D eigenvalue weighted by Crippen LogP contribution is 2.23. The average molecular weight is 276 g/mol. The maximum atomic E-state index is 10.9. The summed E-state index contributed by atoms with van der Waals surface area (Å²) >= 11 is 1.20. The zero-order valence-corrected chi connectivity index (χ0v) is 10.6. The zero-order chi connectivity index (χ0) is 13.4. The number of oxazole rings is 1. The molecule has 3 rings (SSSR count). The number of carboxylic acid groups (broad SMARTS) is 1. The Kier molecular flexibility index (Phi) is 2.64. The van der Waals surface area contributed by atoms with Crippen LogP contribution in [0.25, 0.3) is 11.1 Å². The van der Waals surface area contributed by atoms with Gasteiger partial charge in [-0.15, -0.1) is 0 Å². The molecule has 7 nitrogen and oxygen atoms in total. The molecule has 8 heteroatoms. The molecule has 3 aromatic rings. The molecular formula is C11H8N4O3S. The number of nitrogens with zero attached hydrogens (tertiary/aromatic N) is 3. The van der Waals surface area contributed by atoms with Crippen LogP contribution in [0.1, 0.15) is 16.2 Å². The first-order chi connectivity index (χ1) is 9.11. The normalized spacial score (nSPS) is 10.8. The van der Waals surface area contributed by atoms with E-state index in [0.717, 1.165) is 0 Å². The molecule has 1 aromatic carbocycles. The number of nitrogens with one attached hydrogen (secondary N) is 1. The number of carbonyl (C=O) groups is 1. The Morgan fingerprint density at radius 3 is 2.95 bits per heavy atom. The van der Waals surface area contributed by atoms with Crippen molar-refractivity contribution in [3.63, 3.8) is 0 Å². The van der Waals surface area contributed by atoms with E-state index >= 15 is 0 Å². The van der Waals surface area contributed by atoms with Crippen molar-refractivity contribution in [2.24, 2.45) is 0 Å². The van der Waals surface area contributed by atoms with E-state index in [1.54, 1.807) is 13.0 Å².